The number of fused-ring (bicyclic) bond motifs is 1. The summed E-state index contributed by atoms with van der Waals surface area (Å²) < 4.78 is 28.7. The predicted octanol–water partition coefficient (Wildman–Crippen LogP) is 4.41. The molecule has 0 bridgehead atoms. The highest BCUT2D eigenvalue weighted by atomic mass is 32.2. The minimum atomic E-state index is -1.66. The van der Waals surface area contributed by atoms with Crippen LogP contribution >= 0.6 is 0 Å². The number of aromatic hydroxyl groups is 1. The van der Waals surface area contributed by atoms with Crippen molar-refractivity contribution in [2.75, 3.05) is 0 Å². The van der Waals surface area contributed by atoms with Gasteiger partial charge in [-0.15, -0.1) is 0 Å². The highest BCUT2D eigenvalue weighted by Gasteiger charge is 2.29. The summed E-state index contributed by atoms with van der Waals surface area (Å²) in [6.45, 7) is 0. The molecule has 1 aliphatic heterocycles. The standard InChI is InChI=1S/C24H18FNO3S/c25-21-7-2-1-4-19(21)17-6-3-5-16-15(10-11-18(16)17)14-8-9-20(22(27)12-14)23-13-24(28)26-30(23)29/h1-9,12-13,15,27H,10-11H2,(H,26,28)/t15-,30?/m1/s1. The average Bonchev–Trinajstić information content (AvgIpc) is 3.31. The van der Waals surface area contributed by atoms with E-state index >= 15 is 0 Å². The Hall–Kier alpha value is -3.25. The minimum Gasteiger partial charge on any atom is -0.507 e. The predicted molar refractivity (Wildman–Crippen MR) is 114 cm³/mol. The molecule has 2 N–H and O–H groups in total. The van der Waals surface area contributed by atoms with E-state index in [1.807, 2.05) is 24.3 Å². The van der Waals surface area contributed by atoms with Gasteiger partial charge in [0.05, 0.1) is 4.91 Å². The normalized spacial score (nSPS) is 20.0. The van der Waals surface area contributed by atoms with E-state index in [1.165, 1.54) is 12.1 Å². The highest BCUT2D eigenvalue weighted by molar-refractivity contribution is 7.94. The number of amides is 1. The molecule has 1 heterocycles. The average molecular weight is 419 g/mol. The number of halogens is 1. The van der Waals surface area contributed by atoms with Crippen LogP contribution in [0.25, 0.3) is 16.0 Å². The van der Waals surface area contributed by atoms with Crippen LogP contribution in [0.2, 0.25) is 0 Å². The number of nitrogens with one attached hydrogen (secondary N) is 1. The molecule has 6 heteroatoms. The van der Waals surface area contributed by atoms with Crippen molar-refractivity contribution in [1.29, 1.82) is 0 Å². The van der Waals surface area contributed by atoms with Crippen molar-refractivity contribution < 1.29 is 18.5 Å². The van der Waals surface area contributed by atoms with E-state index in [9.17, 15) is 18.5 Å². The van der Waals surface area contributed by atoms with Crippen LogP contribution in [-0.2, 0) is 22.2 Å². The summed E-state index contributed by atoms with van der Waals surface area (Å²) in [6.07, 6.45) is 2.92. The van der Waals surface area contributed by atoms with Gasteiger partial charge in [0.2, 0.25) is 0 Å². The molecule has 0 radical (unpaired) electrons. The number of hydrogen-bond donors (Lipinski definition) is 2. The van der Waals surface area contributed by atoms with Crippen LogP contribution in [0.15, 0.2) is 66.7 Å². The molecule has 0 saturated carbocycles. The van der Waals surface area contributed by atoms with Gasteiger partial charge in [-0.3, -0.25) is 9.52 Å². The summed E-state index contributed by atoms with van der Waals surface area (Å²) in [5, 5.41) is 10.6. The Morgan fingerprint density at radius 3 is 2.53 bits per heavy atom. The maximum Gasteiger partial charge on any atom is 0.257 e. The fourth-order valence-corrected chi connectivity index (χ4v) is 5.37. The van der Waals surface area contributed by atoms with Crippen molar-refractivity contribution >= 4 is 21.8 Å². The second-order valence-electron chi connectivity index (χ2n) is 7.46. The maximum atomic E-state index is 14.4. The van der Waals surface area contributed by atoms with E-state index in [4.69, 9.17) is 0 Å². The van der Waals surface area contributed by atoms with Gasteiger partial charge in [0.1, 0.15) is 11.6 Å². The lowest BCUT2D eigenvalue weighted by Crippen LogP contribution is -2.16. The van der Waals surface area contributed by atoms with E-state index in [1.54, 1.807) is 24.3 Å². The van der Waals surface area contributed by atoms with E-state index in [0.717, 1.165) is 35.1 Å². The molecule has 0 saturated heterocycles. The van der Waals surface area contributed by atoms with Gasteiger partial charge in [-0.05, 0) is 53.3 Å². The van der Waals surface area contributed by atoms with E-state index in [0.29, 0.717) is 11.1 Å². The Kier molecular flexibility index (Phi) is 4.51. The Balaban J connectivity index is 1.53. The molecule has 5 rings (SSSR count). The van der Waals surface area contributed by atoms with Crippen LogP contribution in [0.5, 0.6) is 5.75 Å². The minimum absolute atomic E-state index is 0.0118. The van der Waals surface area contributed by atoms with E-state index < -0.39 is 16.9 Å². The Morgan fingerprint density at radius 1 is 1.00 bits per heavy atom. The maximum absolute atomic E-state index is 14.4. The Bertz CT molecular complexity index is 1250. The molecule has 2 aliphatic rings. The summed E-state index contributed by atoms with van der Waals surface area (Å²) in [5.41, 5.74) is 5.08. The summed E-state index contributed by atoms with van der Waals surface area (Å²) in [5.74, 6) is -0.605. The number of phenolic OH excluding ortho intramolecular Hbond substituents is 1. The number of carbonyl (C=O) groups excluding carboxylic acids is 1. The zero-order valence-electron chi connectivity index (χ0n) is 15.9. The van der Waals surface area contributed by atoms with Gasteiger partial charge >= 0.3 is 0 Å². The lowest BCUT2D eigenvalue weighted by Gasteiger charge is -2.15. The molecule has 150 valence electrons. The summed E-state index contributed by atoms with van der Waals surface area (Å²) in [4.78, 5) is 11.7. The molecule has 2 atom stereocenters. The number of carbonyl (C=O) groups is 1. The number of benzene rings is 3. The lowest BCUT2D eigenvalue weighted by atomic mass is 9.90. The monoisotopic (exact) mass is 419 g/mol. The quantitative estimate of drug-likeness (QED) is 0.661. The van der Waals surface area contributed by atoms with Crippen molar-refractivity contribution in [2.45, 2.75) is 18.8 Å². The molecule has 1 unspecified atom stereocenters. The van der Waals surface area contributed by atoms with Gasteiger partial charge in [0, 0.05) is 23.1 Å². The summed E-state index contributed by atoms with van der Waals surface area (Å²) >= 11 is 0. The third-order valence-corrected chi connectivity index (χ3v) is 6.90. The Labute approximate surface area is 175 Å². The molecule has 30 heavy (non-hydrogen) atoms. The van der Waals surface area contributed by atoms with Crippen LogP contribution < -0.4 is 4.72 Å². The molecule has 0 spiro atoms. The fourth-order valence-electron chi connectivity index (χ4n) is 4.43. The van der Waals surface area contributed by atoms with Crippen LogP contribution in [0.1, 0.15) is 34.6 Å². The van der Waals surface area contributed by atoms with Crippen LogP contribution in [0.4, 0.5) is 4.39 Å². The van der Waals surface area contributed by atoms with Crippen LogP contribution in [0, 0.1) is 5.82 Å². The first-order valence-electron chi connectivity index (χ1n) is 9.67. The van der Waals surface area contributed by atoms with Gasteiger partial charge in [0.25, 0.3) is 5.91 Å². The second-order valence-corrected chi connectivity index (χ2v) is 8.65. The smallest absolute Gasteiger partial charge is 0.257 e. The van der Waals surface area contributed by atoms with Crippen molar-refractivity contribution in [3.63, 3.8) is 0 Å². The van der Waals surface area contributed by atoms with Gasteiger partial charge in [0.15, 0.2) is 11.0 Å². The van der Waals surface area contributed by atoms with Crippen molar-refractivity contribution in [1.82, 2.24) is 4.72 Å². The first-order chi connectivity index (χ1) is 14.5. The van der Waals surface area contributed by atoms with Gasteiger partial charge in [-0.1, -0.05) is 42.5 Å². The molecule has 0 fully saturated rings. The first kappa shape index (κ1) is 18.8. The zero-order chi connectivity index (χ0) is 20.8. The number of rotatable bonds is 3. The third-order valence-electron chi connectivity index (χ3n) is 5.78. The third kappa shape index (κ3) is 3.04. The summed E-state index contributed by atoms with van der Waals surface area (Å²) in [7, 11) is -1.66. The summed E-state index contributed by atoms with van der Waals surface area (Å²) in [6, 6.07) is 18.0. The molecule has 3 aromatic rings. The van der Waals surface area contributed by atoms with Crippen molar-refractivity contribution in [3.05, 3.63) is 94.8 Å². The molecular weight excluding hydrogens is 401 g/mol. The topological polar surface area (TPSA) is 66.4 Å². The lowest BCUT2D eigenvalue weighted by molar-refractivity contribution is -0.114. The molecule has 0 aromatic heterocycles. The van der Waals surface area contributed by atoms with E-state index in [2.05, 4.69) is 10.8 Å². The van der Waals surface area contributed by atoms with Crippen LogP contribution in [0.3, 0.4) is 0 Å². The zero-order valence-corrected chi connectivity index (χ0v) is 16.7. The number of phenols is 1. The van der Waals surface area contributed by atoms with Gasteiger partial charge < -0.3 is 5.11 Å². The number of hydrogen-bond acceptors (Lipinski definition) is 3. The molecule has 4 nitrogen and oxygen atoms in total. The highest BCUT2D eigenvalue weighted by Crippen LogP contribution is 2.44. The molecule has 3 aromatic carbocycles. The van der Waals surface area contributed by atoms with E-state index in [-0.39, 0.29) is 22.4 Å². The second kappa shape index (κ2) is 7.22. The van der Waals surface area contributed by atoms with Gasteiger partial charge in [-0.25, -0.2) is 8.60 Å². The molecule has 1 amide bonds. The SMILES string of the molecule is O=C1C=C(c2ccc([C@H]3CCc4c(-c5ccccc5F)cccc43)cc2O)S(=O)N1. The van der Waals surface area contributed by atoms with Gasteiger partial charge in [-0.2, -0.15) is 0 Å². The van der Waals surface area contributed by atoms with Crippen LogP contribution in [-0.4, -0.2) is 15.2 Å². The van der Waals surface area contributed by atoms with Crippen molar-refractivity contribution in [2.24, 2.45) is 0 Å². The largest absolute Gasteiger partial charge is 0.507 e. The molecule has 1 aliphatic carbocycles. The van der Waals surface area contributed by atoms with Crippen molar-refractivity contribution in [3.8, 4) is 16.9 Å². The molecular formula is C24H18FNO3S. The first-order valence-corrected chi connectivity index (χ1v) is 10.8. The Morgan fingerprint density at radius 2 is 1.80 bits per heavy atom. The fraction of sp³-hybridized carbons (Fsp3) is 0.125.